The minimum atomic E-state index is -0.378. The molecule has 0 saturated carbocycles. The summed E-state index contributed by atoms with van der Waals surface area (Å²) < 4.78 is 6.86. The van der Waals surface area contributed by atoms with Gasteiger partial charge < -0.3 is 15.8 Å². The van der Waals surface area contributed by atoms with Gasteiger partial charge in [-0.1, -0.05) is 36.4 Å². The summed E-state index contributed by atoms with van der Waals surface area (Å²) in [4.78, 5) is 23.0. The maximum Gasteiger partial charge on any atom is 0.261 e. The van der Waals surface area contributed by atoms with Crippen molar-refractivity contribution in [2.24, 2.45) is 5.10 Å². The van der Waals surface area contributed by atoms with Crippen LogP contribution in [0.15, 0.2) is 71.8 Å². The van der Waals surface area contributed by atoms with E-state index in [0.29, 0.717) is 33.6 Å². The van der Waals surface area contributed by atoms with E-state index in [0.717, 1.165) is 16.7 Å². The van der Waals surface area contributed by atoms with Crippen molar-refractivity contribution in [2.45, 2.75) is 13.8 Å². The van der Waals surface area contributed by atoms with Gasteiger partial charge in [0.25, 0.3) is 5.91 Å². The Morgan fingerprint density at radius 3 is 2.51 bits per heavy atom. The Labute approximate surface area is 202 Å². The van der Waals surface area contributed by atoms with Crippen LogP contribution >= 0.6 is 0 Å². The van der Waals surface area contributed by atoms with Crippen molar-refractivity contribution >= 4 is 45.8 Å². The van der Waals surface area contributed by atoms with Gasteiger partial charge in [-0.2, -0.15) is 9.78 Å². The predicted octanol–water partition coefficient (Wildman–Crippen LogP) is 4.93. The molecule has 0 radical (unpaired) electrons. The zero-order valence-electron chi connectivity index (χ0n) is 19.6. The lowest BCUT2D eigenvalue weighted by molar-refractivity contribution is 0.102. The van der Waals surface area contributed by atoms with E-state index < -0.39 is 0 Å². The number of carbonyl (C=O) groups excluding carboxylic acids is 1. The van der Waals surface area contributed by atoms with E-state index in [9.17, 15) is 4.79 Å². The van der Waals surface area contributed by atoms with Gasteiger partial charge in [-0.3, -0.25) is 4.79 Å². The highest BCUT2D eigenvalue weighted by atomic mass is 16.5. The number of ether oxygens (including phenoxy) is 1. The van der Waals surface area contributed by atoms with E-state index >= 15 is 0 Å². The molecule has 8 nitrogen and oxygen atoms in total. The van der Waals surface area contributed by atoms with E-state index in [1.54, 1.807) is 13.3 Å². The molecule has 0 aliphatic heterocycles. The number of benzene rings is 3. The summed E-state index contributed by atoms with van der Waals surface area (Å²) in [7, 11) is 1.60. The molecule has 2 aromatic heterocycles. The Kier molecular flexibility index (Phi) is 5.62. The average Bonchev–Trinajstić information content (AvgIpc) is 3.13. The number of aryl methyl sites for hydroxylation is 2. The highest BCUT2D eigenvalue weighted by Crippen LogP contribution is 2.29. The van der Waals surface area contributed by atoms with Gasteiger partial charge >= 0.3 is 0 Å². The first kappa shape index (κ1) is 22.1. The van der Waals surface area contributed by atoms with E-state index in [-0.39, 0.29) is 17.3 Å². The van der Waals surface area contributed by atoms with Crippen molar-refractivity contribution in [2.75, 3.05) is 18.2 Å². The van der Waals surface area contributed by atoms with Crippen LogP contribution in [-0.4, -0.2) is 33.9 Å². The number of para-hydroxylation sites is 3. The minimum Gasteiger partial charge on any atom is -0.496 e. The summed E-state index contributed by atoms with van der Waals surface area (Å²) >= 11 is 0. The molecule has 174 valence electrons. The average molecular weight is 465 g/mol. The largest absolute Gasteiger partial charge is 0.496 e. The molecule has 0 fully saturated rings. The predicted molar refractivity (Wildman–Crippen MR) is 139 cm³/mol. The number of hydrogen-bond acceptors (Lipinski definition) is 6. The Morgan fingerprint density at radius 1 is 1.03 bits per heavy atom. The number of nitrogens with two attached hydrogens (primary N) is 1. The third kappa shape index (κ3) is 4.06. The van der Waals surface area contributed by atoms with Crippen LogP contribution in [0.2, 0.25) is 0 Å². The number of carbonyl (C=O) groups is 1. The fraction of sp³-hybridized carbons (Fsp3) is 0.111. The summed E-state index contributed by atoms with van der Waals surface area (Å²) in [5, 5.41) is 7.55. The van der Waals surface area contributed by atoms with Crippen LogP contribution < -0.4 is 15.8 Å². The number of rotatable bonds is 5. The molecule has 8 heteroatoms. The molecular formula is C27H24N6O2. The third-order valence-electron chi connectivity index (χ3n) is 5.79. The molecule has 1 amide bonds. The molecule has 0 saturated heterocycles. The maximum atomic E-state index is 13.5. The van der Waals surface area contributed by atoms with Crippen molar-refractivity contribution in [3.8, 4) is 5.75 Å². The zero-order valence-corrected chi connectivity index (χ0v) is 19.6. The van der Waals surface area contributed by atoms with E-state index in [4.69, 9.17) is 20.4 Å². The van der Waals surface area contributed by atoms with Crippen molar-refractivity contribution < 1.29 is 9.53 Å². The Hall–Kier alpha value is -4.72. The SMILES string of the molecule is COc1ccccc1/C=N/n1c(N)c(C(=O)Nc2cc(C)ccc2C)c2nc3ccccc3nc21. The molecule has 0 aliphatic carbocycles. The first-order chi connectivity index (χ1) is 17.0. The number of nitrogens with one attached hydrogen (secondary N) is 1. The Morgan fingerprint density at radius 2 is 1.74 bits per heavy atom. The molecule has 0 spiro atoms. The standard InChI is InChI=1S/C27H24N6O2/c1-16-12-13-17(2)21(14-16)32-27(34)23-24-26(31-20-10-6-5-9-19(20)30-24)33(25(23)28)29-15-18-8-4-7-11-22(18)35-3/h4-15H,28H2,1-3H3,(H,32,34)/b29-15+. The Bertz CT molecular complexity index is 1620. The normalized spacial score (nSPS) is 11.4. The summed E-state index contributed by atoms with van der Waals surface area (Å²) in [5.74, 6) is 0.428. The summed E-state index contributed by atoms with van der Waals surface area (Å²) in [6.07, 6.45) is 1.62. The highest BCUT2D eigenvalue weighted by molar-refractivity contribution is 6.16. The van der Waals surface area contributed by atoms with Gasteiger partial charge in [-0.25, -0.2) is 9.97 Å². The molecular weight excluding hydrogens is 440 g/mol. The summed E-state index contributed by atoms with van der Waals surface area (Å²) in [5.41, 5.74) is 12.3. The lowest BCUT2D eigenvalue weighted by Crippen LogP contribution is -2.15. The van der Waals surface area contributed by atoms with E-state index in [1.807, 2.05) is 80.6 Å². The maximum absolute atomic E-state index is 13.5. The van der Waals surface area contributed by atoms with Crippen molar-refractivity contribution in [1.82, 2.24) is 14.6 Å². The second-order valence-corrected chi connectivity index (χ2v) is 8.22. The third-order valence-corrected chi connectivity index (χ3v) is 5.79. The molecule has 35 heavy (non-hydrogen) atoms. The fourth-order valence-electron chi connectivity index (χ4n) is 3.94. The highest BCUT2D eigenvalue weighted by Gasteiger charge is 2.24. The number of amides is 1. The van der Waals surface area contributed by atoms with Crippen molar-refractivity contribution in [3.05, 3.63) is 89.0 Å². The molecule has 0 unspecified atom stereocenters. The van der Waals surface area contributed by atoms with Crippen LogP contribution in [0.3, 0.4) is 0 Å². The molecule has 3 N–H and O–H groups in total. The van der Waals surface area contributed by atoms with Gasteiger partial charge in [0, 0.05) is 11.3 Å². The van der Waals surface area contributed by atoms with Gasteiger partial charge in [0.15, 0.2) is 5.65 Å². The lowest BCUT2D eigenvalue weighted by Gasteiger charge is -2.09. The van der Waals surface area contributed by atoms with E-state index in [1.165, 1.54) is 4.68 Å². The lowest BCUT2D eigenvalue weighted by atomic mass is 10.1. The summed E-state index contributed by atoms with van der Waals surface area (Å²) in [6, 6.07) is 20.8. The van der Waals surface area contributed by atoms with Gasteiger partial charge in [-0.15, -0.1) is 0 Å². The second-order valence-electron chi connectivity index (χ2n) is 8.22. The molecule has 0 aliphatic rings. The zero-order chi connectivity index (χ0) is 24.5. The van der Waals surface area contributed by atoms with Gasteiger partial charge in [0.1, 0.15) is 22.6 Å². The number of nitrogens with zero attached hydrogens (tertiary/aromatic N) is 4. The molecule has 0 bridgehead atoms. The first-order valence-corrected chi connectivity index (χ1v) is 11.1. The van der Waals surface area contributed by atoms with Gasteiger partial charge in [-0.05, 0) is 55.3 Å². The van der Waals surface area contributed by atoms with Crippen molar-refractivity contribution in [3.63, 3.8) is 0 Å². The number of fused-ring (bicyclic) bond motifs is 2. The number of aromatic nitrogens is 3. The number of nitrogen functional groups attached to an aromatic ring is 1. The number of hydrogen-bond donors (Lipinski definition) is 2. The smallest absolute Gasteiger partial charge is 0.261 e. The molecule has 2 heterocycles. The quantitative estimate of drug-likeness (QED) is 0.359. The van der Waals surface area contributed by atoms with Gasteiger partial charge in [0.05, 0.1) is 24.4 Å². The molecule has 3 aromatic carbocycles. The number of methoxy groups -OCH3 is 1. The van der Waals surface area contributed by atoms with Crippen LogP contribution in [-0.2, 0) is 0 Å². The van der Waals surface area contributed by atoms with Crippen LogP contribution in [0.4, 0.5) is 11.5 Å². The van der Waals surface area contributed by atoms with Crippen LogP contribution in [0.5, 0.6) is 5.75 Å². The summed E-state index contributed by atoms with van der Waals surface area (Å²) in [6.45, 7) is 3.91. The molecule has 5 aromatic rings. The first-order valence-electron chi connectivity index (χ1n) is 11.1. The Balaban J connectivity index is 1.68. The minimum absolute atomic E-state index is 0.143. The van der Waals surface area contributed by atoms with Crippen LogP contribution in [0, 0.1) is 13.8 Å². The van der Waals surface area contributed by atoms with Crippen LogP contribution in [0.25, 0.3) is 22.2 Å². The second kappa shape index (κ2) is 8.90. The van der Waals surface area contributed by atoms with Gasteiger partial charge in [0.2, 0.25) is 0 Å². The molecule has 5 rings (SSSR count). The van der Waals surface area contributed by atoms with Crippen molar-refractivity contribution in [1.29, 1.82) is 0 Å². The van der Waals surface area contributed by atoms with Crippen LogP contribution in [0.1, 0.15) is 27.0 Å². The molecule has 0 atom stereocenters. The topological polar surface area (TPSA) is 107 Å². The monoisotopic (exact) mass is 464 g/mol. The fourth-order valence-corrected chi connectivity index (χ4v) is 3.94. The van der Waals surface area contributed by atoms with E-state index in [2.05, 4.69) is 10.4 Å². The number of anilines is 2.